The van der Waals surface area contributed by atoms with Crippen LogP contribution in [0.3, 0.4) is 0 Å². The van der Waals surface area contributed by atoms with Gasteiger partial charge >= 0.3 is 5.97 Å². The van der Waals surface area contributed by atoms with Crippen LogP contribution in [0.2, 0.25) is 5.02 Å². The van der Waals surface area contributed by atoms with E-state index in [-0.39, 0.29) is 10.7 Å². The monoisotopic (exact) mass is 240 g/mol. The fourth-order valence-electron chi connectivity index (χ4n) is 1.48. The van der Waals surface area contributed by atoms with E-state index in [2.05, 4.69) is 16.9 Å². The van der Waals surface area contributed by atoms with Gasteiger partial charge in [-0.15, -0.1) is 0 Å². The molecule has 4 nitrogen and oxygen atoms in total. The van der Waals surface area contributed by atoms with Crippen molar-refractivity contribution in [3.05, 3.63) is 22.7 Å². The number of halogens is 1. The van der Waals surface area contributed by atoms with Crippen LogP contribution in [-0.2, 0) is 4.74 Å². The second-order valence-corrected chi connectivity index (χ2v) is 4.59. The molecule has 0 unspecified atom stereocenters. The van der Waals surface area contributed by atoms with Crippen molar-refractivity contribution in [1.82, 2.24) is 9.97 Å². The molecule has 0 aromatic carbocycles. The molecule has 86 valence electrons. The molecule has 1 aromatic heterocycles. The maximum absolute atomic E-state index is 11.7. The van der Waals surface area contributed by atoms with Crippen molar-refractivity contribution >= 4 is 17.6 Å². The van der Waals surface area contributed by atoms with Gasteiger partial charge in [0.05, 0.1) is 17.8 Å². The first-order valence-electron chi connectivity index (χ1n) is 5.24. The van der Waals surface area contributed by atoms with Gasteiger partial charge in [0, 0.05) is 0 Å². The molecule has 2 atom stereocenters. The smallest absolute Gasteiger partial charge is 0.358 e. The van der Waals surface area contributed by atoms with Gasteiger partial charge in [-0.1, -0.05) is 18.5 Å². The van der Waals surface area contributed by atoms with E-state index in [4.69, 9.17) is 16.3 Å². The number of rotatable bonds is 3. The summed E-state index contributed by atoms with van der Waals surface area (Å²) in [6.45, 7) is 4.30. The van der Waals surface area contributed by atoms with Gasteiger partial charge in [-0.25, -0.2) is 14.8 Å². The second-order valence-electron chi connectivity index (χ2n) is 4.19. The van der Waals surface area contributed by atoms with Crippen LogP contribution in [0.5, 0.6) is 0 Å². The second kappa shape index (κ2) is 4.37. The third kappa shape index (κ3) is 2.50. The van der Waals surface area contributed by atoms with Crippen LogP contribution in [0.15, 0.2) is 6.20 Å². The van der Waals surface area contributed by atoms with Crippen molar-refractivity contribution in [2.75, 3.05) is 6.61 Å². The van der Waals surface area contributed by atoms with E-state index in [1.165, 1.54) is 6.20 Å². The average Bonchev–Trinajstić information content (AvgIpc) is 2.95. The van der Waals surface area contributed by atoms with Gasteiger partial charge in [0.15, 0.2) is 5.69 Å². The van der Waals surface area contributed by atoms with E-state index >= 15 is 0 Å². The number of carbonyl (C=O) groups excluding carboxylic acids is 1. The summed E-state index contributed by atoms with van der Waals surface area (Å²) in [7, 11) is 0. The van der Waals surface area contributed by atoms with Gasteiger partial charge in [-0.2, -0.15) is 0 Å². The summed E-state index contributed by atoms with van der Waals surface area (Å²) < 4.78 is 5.14. The van der Waals surface area contributed by atoms with Crippen LogP contribution in [0.4, 0.5) is 0 Å². The number of nitrogens with zero attached hydrogens (tertiary/aromatic N) is 2. The lowest BCUT2D eigenvalue weighted by Crippen LogP contribution is -2.11. The lowest BCUT2D eigenvalue weighted by Gasteiger charge is -2.05. The number of aromatic nitrogens is 2. The highest BCUT2D eigenvalue weighted by Crippen LogP contribution is 2.37. The Morgan fingerprint density at radius 1 is 1.69 bits per heavy atom. The van der Waals surface area contributed by atoms with Crippen LogP contribution in [0.25, 0.3) is 0 Å². The summed E-state index contributed by atoms with van der Waals surface area (Å²) in [5.41, 5.74) is 0.155. The van der Waals surface area contributed by atoms with E-state index in [0.29, 0.717) is 24.3 Å². The lowest BCUT2D eigenvalue weighted by atomic mass is 10.3. The number of hydrogen-bond donors (Lipinski definition) is 0. The molecule has 0 aliphatic heterocycles. The van der Waals surface area contributed by atoms with Gasteiger partial charge < -0.3 is 4.74 Å². The number of carbonyl (C=O) groups is 1. The normalized spacial score (nSPS) is 22.9. The molecule has 0 amide bonds. The maximum Gasteiger partial charge on any atom is 0.358 e. The third-order valence-corrected chi connectivity index (χ3v) is 3.04. The summed E-state index contributed by atoms with van der Waals surface area (Å²) >= 11 is 5.82. The zero-order valence-corrected chi connectivity index (χ0v) is 9.99. The molecule has 1 aromatic rings. The van der Waals surface area contributed by atoms with Crippen molar-refractivity contribution in [2.24, 2.45) is 11.8 Å². The Morgan fingerprint density at radius 3 is 3.00 bits per heavy atom. The number of aryl methyl sites for hydroxylation is 1. The van der Waals surface area contributed by atoms with Crippen LogP contribution >= 0.6 is 11.6 Å². The molecule has 1 fully saturated rings. The topological polar surface area (TPSA) is 52.1 Å². The Balaban J connectivity index is 1.99. The van der Waals surface area contributed by atoms with Gasteiger partial charge in [-0.3, -0.25) is 0 Å². The molecule has 0 N–H and O–H groups in total. The van der Waals surface area contributed by atoms with Crippen molar-refractivity contribution in [2.45, 2.75) is 20.3 Å². The Morgan fingerprint density at radius 2 is 2.38 bits per heavy atom. The van der Waals surface area contributed by atoms with E-state index in [0.717, 1.165) is 6.42 Å². The molecule has 0 bridgehead atoms. The lowest BCUT2D eigenvalue weighted by molar-refractivity contribution is 0.0474. The molecule has 0 spiro atoms. The zero-order valence-electron chi connectivity index (χ0n) is 9.24. The number of ether oxygens (including phenoxy) is 1. The van der Waals surface area contributed by atoms with Crippen LogP contribution < -0.4 is 0 Å². The summed E-state index contributed by atoms with van der Waals surface area (Å²) in [5, 5.41) is 0.236. The molecular weight excluding hydrogens is 228 g/mol. The standard InChI is InChI=1S/C11H13ClN2O2/c1-6-3-8(6)5-16-11(15)10-9(12)4-13-7(2)14-10/h4,6,8H,3,5H2,1-2H3/t6-,8-/m0/s1. The van der Waals surface area contributed by atoms with Crippen LogP contribution in [-0.4, -0.2) is 22.5 Å². The average molecular weight is 241 g/mol. The quantitative estimate of drug-likeness (QED) is 0.761. The highest BCUT2D eigenvalue weighted by molar-refractivity contribution is 6.33. The van der Waals surface area contributed by atoms with Crippen molar-refractivity contribution in [3.63, 3.8) is 0 Å². The predicted molar refractivity (Wildman–Crippen MR) is 59.3 cm³/mol. The van der Waals surface area contributed by atoms with E-state index < -0.39 is 5.97 Å². The van der Waals surface area contributed by atoms with Crippen molar-refractivity contribution in [3.8, 4) is 0 Å². The first kappa shape index (κ1) is 11.3. The van der Waals surface area contributed by atoms with E-state index in [9.17, 15) is 4.79 Å². The van der Waals surface area contributed by atoms with E-state index in [1.807, 2.05) is 0 Å². The molecule has 5 heteroatoms. The first-order valence-corrected chi connectivity index (χ1v) is 5.62. The first-order chi connectivity index (χ1) is 7.58. The van der Waals surface area contributed by atoms with Crippen molar-refractivity contribution in [1.29, 1.82) is 0 Å². The highest BCUT2D eigenvalue weighted by atomic mass is 35.5. The molecule has 1 aliphatic rings. The predicted octanol–water partition coefficient (Wildman–Crippen LogP) is 2.25. The Bertz CT molecular complexity index is 422. The summed E-state index contributed by atoms with van der Waals surface area (Å²) in [6.07, 6.45) is 2.55. The Hall–Kier alpha value is -1.16. The minimum Gasteiger partial charge on any atom is -0.461 e. The van der Waals surface area contributed by atoms with Crippen molar-refractivity contribution < 1.29 is 9.53 Å². The number of hydrogen-bond acceptors (Lipinski definition) is 4. The van der Waals surface area contributed by atoms with Gasteiger partial charge in [-0.05, 0) is 25.2 Å². The van der Waals surface area contributed by atoms with Gasteiger partial charge in [0.25, 0.3) is 0 Å². The minimum absolute atomic E-state index is 0.155. The Kier molecular flexibility index (Phi) is 3.10. The maximum atomic E-state index is 11.7. The fourth-order valence-corrected chi connectivity index (χ4v) is 1.65. The molecule has 1 aliphatic carbocycles. The van der Waals surface area contributed by atoms with E-state index in [1.54, 1.807) is 6.92 Å². The molecule has 0 radical (unpaired) electrons. The summed E-state index contributed by atoms with van der Waals surface area (Å²) in [5.74, 6) is 1.21. The molecule has 1 saturated carbocycles. The van der Waals surface area contributed by atoms with Crippen LogP contribution in [0, 0.1) is 18.8 Å². The largest absolute Gasteiger partial charge is 0.461 e. The van der Waals surface area contributed by atoms with Crippen LogP contribution in [0.1, 0.15) is 29.7 Å². The number of esters is 1. The highest BCUT2D eigenvalue weighted by Gasteiger charge is 2.33. The van der Waals surface area contributed by atoms with Gasteiger partial charge in [0.2, 0.25) is 0 Å². The molecular formula is C11H13ClN2O2. The molecule has 0 saturated heterocycles. The zero-order chi connectivity index (χ0) is 11.7. The minimum atomic E-state index is -0.463. The molecule has 2 rings (SSSR count). The Labute approximate surface area is 99.0 Å². The summed E-state index contributed by atoms with van der Waals surface area (Å²) in [6, 6.07) is 0. The summed E-state index contributed by atoms with van der Waals surface area (Å²) in [4.78, 5) is 19.5. The third-order valence-electron chi connectivity index (χ3n) is 2.76. The molecule has 16 heavy (non-hydrogen) atoms. The fraction of sp³-hybridized carbons (Fsp3) is 0.545. The van der Waals surface area contributed by atoms with Gasteiger partial charge in [0.1, 0.15) is 5.82 Å². The molecule has 1 heterocycles. The SMILES string of the molecule is Cc1ncc(Cl)c(C(=O)OC[C@@H]2C[C@@H]2C)n1.